The molecule has 1 aliphatic heterocycles. The first-order chi connectivity index (χ1) is 17.4. The van der Waals surface area contributed by atoms with Gasteiger partial charge in [-0.05, 0) is 12.1 Å². The normalized spacial score (nSPS) is 19.4. The molecule has 1 saturated heterocycles. The van der Waals surface area contributed by atoms with E-state index < -0.39 is 53.3 Å². The molecule has 1 aromatic carbocycles. The maximum Gasteiger partial charge on any atom is 0.423 e. The van der Waals surface area contributed by atoms with Gasteiger partial charge in [0.05, 0.1) is 6.10 Å². The number of rotatable bonds is 6. The van der Waals surface area contributed by atoms with Crippen molar-refractivity contribution in [2.75, 3.05) is 13.2 Å². The summed E-state index contributed by atoms with van der Waals surface area (Å²) in [6, 6.07) is 6.97. The standard InChI is InChI=1S/C25H25F3N2O7/c1-15(2)8-7-11-35-19-12-21(37-20(19)14-36-16(3)31)29-13-18(25(26,27)28)23(33)30(24(29)34)22(32)17-9-5-4-6-10-17/h4-6,9-10,13,15,19-21H,11-12,14H2,1-3H3/t19-,20+,21+/m0/s1. The Labute approximate surface area is 209 Å². The van der Waals surface area contributed by atoms with Crippen LogP contribution in [-0.2, 0) is 25.2 Å². The van der Waals surface area contributed by atoms with Gasteiger partial charge >= 0.3 is 17.8 Å². The van der Waals surface area contributed by atoms with E-state index >= 15 is 0 Å². The number of esters is 1. The van der Waals surface area contributed by atoms with Crippen molar-refractivity contribution in [3.8, 4) is 11.8 Å². The molecule has 0 saturated carbocycles. The smallest absolute Gasteiger partial charge is 0.423 e. The summed E-state index contributed by atoms with van der Waals surface area (Å²) in [4.78, 5) is 50.0. The first-order valence-electron chi connectivity index (χ1n) is 11.3. The average Bonchev–Trinajstić information content (AvgIpc) is 3.22. The maximum absolute atomic E-state index is 13.7. The second-order valence-corrected chi connectivity index (χ2v) is 8.53. The monoisotopic (exact) mass is 522 g/mol. The summed E-state index contributed by atoms with van der Waals surface area (Å²) in [6.45, 7) is 4.59. The van der Waals surface area contributed by atoms with E-state index in [4.69, 9.17) is 14.2 Å². The highest BCUT2D eigenvalue weighted by Crippen LogP contribution is 2.32. The van der Waals surface area contributed by atoms with Gasteiger partial charge in [-0.15, -0.1) is 0 Å². The number of carbonyl (C=O) groups excluding carboxylic acids is 2. The maximum atomic E-state index is 13.7. The minimum absolute atomic E-state index is 0.0375. The Balaban J connectivity index is 2.04. The number of alkyl halides is 3. The third-order valence-electron chi connectivity index (χ3n) is 5.35. The molecule has 198 valence electrons. The van der Waals surface area contributed by atoms with Gasteiger partial charge in [0.25, 0.3) is 11.5 Å². The predicted molar refractivity (Wildman–Crippen MR) is 124 cm³/mol. The number of halogens is 3. The van der Waals surface area contributed by atoms with Crippen LogP contribution in [0.4, 0.5) is 13.2 Å². The minimum atomic E-state index is -5.16. The van der Waals surface area contributed by atoms with E-state index in [1.165, 1.54) is 31.2 Å². The Bertz CT molecular complexity index is 1320. The van der Waals surface area contributed by atoms with Crippen molar-refractivity contribution < 1.29 is 37.0 Å². The number of aromatic nitrogens is 2. The molecule has 1 aliphatic rings. The van der Waals surface area contributed by atoms with Crippen molar-refractivity contribution in [1.29, 1.82) is 0 Å². The highest BCUT2D eigenvalue weighted by atomic mass is 19.4. The molecular formula is C25H25F3N2O7. The van der Waals surface area contributed by atoms with E-state index in [0.717, 1.165) is 0 Å². The third-order valence-corrected chi connectivity index (χ3v) is 5.35. The summed E-state index contributed by atoms with van der Waals surface area (Å²) in [5.74, 6) is 3.93. The molecule has 0 amide bonds. The van der Waals surface area contributed by atoms with Crippen LogP contribution in [0.5, 0.6) is 0 Å². The predicted octanol–water partition coefficient (Wildman–Crippen LogP) is 2.61. The summed E-state index contributed by atoms with van der Waals surface area (Å²) in [7, 11) is 0. The molecule has 37 heavy (non-hydrogen) atoms. The molecule has 1 fully saturated rings. The van der Waals surface area contributed by atoms with Crippen LogP contribution in [0.3, 0.4) is 0 Å². The average molecular weight is 522 g/mol. The highest BCUT2D eigenvalue weighted by Gasteiger charge is 2.42. The van der Waals surface area contributed by atoms with Crippen molar-refractivity contribution in [2.45, 2.75) is 51.8 Å². The van der Waals surface area contributed by atoms with Gasteiger partial charge in [-0.2, -0.15) is 17.7 Å². The van der Waals surface area contributed by atoms with Gasteiger partial charge in [0.2, 0.25) is 0 Å². The lowest BCUT2D eigenvalue weighted by molar-refractivity contribution is -0.148. The van der Waals surface area contributed by atoms with E-state index in [1.54, 1.807) is 6.07 Å². The Kier molecular flexibility index (Phi) is 8.73. The Morgan fingerprint density at radius 1 is 1.19 bits per heavy atom. The topological polar surface area (TPSA) is 106 Å². The van der Waals surface area contributed by atoms with Crippen molar-refractivity contribution in [3.05, 3.63) is 68.5 Å². The van der Waals surface area contributed by atoms with Gasteiger partial charge in [0, 0.05) is 31.0 Å². The Morgan fingerprint density at radius 3 is 2.46 bits per heavy atom. The molecule has 2 aromatic rings. The quantitative estimate of drug-likeness (QED) is 0.424. The fraction of sp³-hybridized carbons (Fsp3) is 0.440. The molecular weight excluding hydrogens is 497 g/mol. The molecule has 0 bridgehead atoms. The summed E-state index contributed by atoms with van der Waals surface area (Å²) in [5.41, 5.74) is -4.99. The van der Waals surface area contributed by atoms with Gasteiger partial charge in [-0.1, -0.05) is 43.9 Å². The lowest BCUT2D eigenvalue weighted by Gasteiger charge is -2.19. The molecule has 9 nitrogen and oxygen atoms in total. The second-order valence-electron chi connectivity index (χ2n) is 8.53. The first-order valence-corrected chi connectivity index (χ1v) is 11.3. The molecule has 12 heteroatoms. The van der Waals surface area contributed by atoms with Crippen molar-refractivity contribution in [3.63, 3.8) is 0 Å². The van der Waals surface area contributed by atoms with Gasteiger partial charge < -0.3 is 14.2 Å². The van der Waals surface area contributed by atoms with Crippen LogP contribution in [0.2, 0.25) is 0 Å². The lowest BCUT2D eigenvalue weighted by atomic mass is 10.2. The van der Waals surface area contributed by atoms with Gasteiger partial charge in [-0.25, -0.2) is 4.79 Å². The van der Waals surface area contributed by atoms with Gasteiger partial charge in [0.15, 0.2) is 0 Å². The van der Waals surface area contributed by atoms with Crippen LogP contribution in [0.1, 0.15) is 49.3 Å². The van der Waals surface area contributed by atoms with E-state index in [0.29, 0.717) is 10.8 Å². The first kappa shape index (κ1) is 27.9. The SMILES string of the molecule is CC(=O)OC[C@H]1O[C@@H](n2cc(C(F)(F)F)c(=O)n(C(=O)c3ccccc3)c2=O)C[C@@H]1OCC#CC(C)C. The molecule has 0 radical (unpaired) electrons. The third kappa shape index (κ3) is 6.75. The van der Waals surface area contributed by atoms with Crippen LogP contribution in [-0.4, -0.2) is 46.4 Å². The molecule has 0 aliphatic carbocycles. The van der Waals surface area contributed by atoms with E-state index in [9.17, 15) is 32.3 Å². The number of benzene rings is 1. The van der Waals surface area contributed by atoms with Crippen LogP contribution < -0.4 is 11.2 Å². The summed E-state index contributed by atoms with van der Waals surface area (Å²) in [5, 5.41) is 0. The van der Waals surface area contributed by atoms with Gasteiger partial charge in [-0.3, -0.25) is 19.0 Å². The van der Waals surface area contributed by atoms with Crippen molar-refractivity contribution in [1.82, 2.24) is 9.13 Å². The fourth-order valence-electron chi connectivity index (χ4n) is 3.65. The minimum Gasteiger partial charge on any atom is -0.463 e. The number of nitrogens with zero attached hydrogens (tertiary/aromatic N) is 2. The largest absolute Gasteiger partial charge is 0.463 e. The molecule has 3 atom stereocenters. The summed E-state index contributed by atoms with van der Waals surface area (Å²) < 4.78 is 58.1. The molecule has 1 aromatic heterocycles. The summed E-state index contributed by atoms with van der Waals surface area (Å²) >= 11 is 0. The number of hydrogen-bond donors (Lipinski definition) is 0. The molecule has 0 spiro atoms. The molecule has 2 heterocycles. The van der Waals surface area contributed by atoms with E-state index in [1.807, 2.05) is 13.8 Å². The van der Waals surface area contributed by atoms with Crippen LogP contribution in [0.15, 0.2) is 46.1 Å². The Hall–Kier alpha value is -3.69. The lowest BCUT2D eigenvalue weighted by Crippen LogP contribution is -2.47. The van der Waals surface area contributed by atoms with Crippen molar-refractivity contribution >= 4 is 11.9 Å². The second kappa shape index (κ2) is 11.6. The molecule has 0 N–H and O–H groups in total. The van der Waals surface area contributed by atoms with Crippen molar-refractivity contribution in [2.24, 2.45) is 5.92 Å². The zero-order valence-electron chi connectivity index (χ0n) is 20.3. The number of ether oxygens (including phenoxy) is 3. The van der Waals surface area contributed by atoms with E-state index in [2.05, 4.69) is 11.8 Å². The Morgan fingerprint density at radius 2 is 1.86 bits per heavy atom. The van der Waals surface area contributed by atoms with E-state index in [-0.39, 0.29) is 35.7 Å². The van der Waals surface area contributed by atoms with Crippen LogP contribution in [0.25, 0.3) is 0 Å². The van der Waals surface area contributed by atoms with Gasteiger partial charge in [0.1, 0.15) is 31.1 Å². The molecule has 0 unspecified atom stereocenters. The fourth-order valence-corrected chi connectivity index (χ4v) is 3.65. The summed E-state index contributed by atoms with van der Waals surface area (Å²) in [6.07, 6.45) is -8.08. The zero-order valence-corrected chi connectivity index (χ0v) is 20.3. The van der Waals surface area contributed by atoms with Crippen LogP contribution in [0, 0.1) is 17.8 Å². The highest BCUT2D eigenvalue weighted by molar-refractivity contribution is 5.95. The zero-order chi connectivity index (χ0) is 27.3. The number of carbonyl (C=O) groups is 2. The number of hydrogen-bond acceptors (Lipinski definition) is 7. The van der Waals surface area contributed by atoms with Crippen LogP contribution >= 0.6 is 0 Å². The molecule has 3 rings (SSSR count).